The second kappa shape index (κ2) is 9.34. The Balaban J connectivity index is 1.58. The Morgan fingerprint density at radius 1 is 1.22 bits per heavy atom. The van der Waals surface area contributed by atoms with Crippen LogP contribution in [0, 0.1) is 11.6 Å². The maximum atomic E-state index is 14.2. The van der Waals surface area contributed by atoms with Crippen LogP contribution in [-0.2, 0) is 25.0 Å². The van der Waals surface area contributed by atoms with Crippen LogP contribution in [0.1, 0.15) is 45.0 Å². The quantitative estimate of drug-likeness (QED) is 0.390. The molecule has 0 fully saturated rings. The maximum Gasteiger partial charge on any atom is 0.277 e. The van der Waals surface area contributed by atoms with E-state index >= 15 is 0 Å². The second-order valence-electron chi connectivity index (χ2n) is 8.79. The molecule has 0 radical (unpaired) electrons. The van der Waals surface area contributed by atoms with E-state index in [1.165, 1.54) is 22.0 Å². The number of hydrogen-bond donors (Lipinski definition) is 1. The van der Waals surface area contributed by atoms with Gasteiger partial charge in [0, 0.05) is 29.4 Å². The molecule has 4 aromatic heterocycles. The third-order valence-corrected chi connectivity index (χ3v) is 7.13. The molecule has 1 aliphatic rings. The molecule has 5 heterocycles. The molecular formula is C25H21ClF2N4O3S. The van der Waals surface area contributed by atoms with Crippen molar-refractivity contribution in [3.05, 3.63) is 84.9 Å². The normalized spacial score (nSPS) is 14.4. The lowest BCUT2D eigenvalue weighted by atomic mass is 10.1. The monoisotopic (exact) mass is 532 g/mol. The number of ether oxygens (including phenoxy) is 1. The lowest BCUT2D eigenvalue weighted by Gasteiger charge is -2.16. The Labute approximate surface area is 216 Å². The van der Waals surface area contributed by atoms with Crippen LogP contribution in [-0.4, -0.2) is 24.6 Å². The van der Waals surface area contributed by atoms with Crippen molar-refractivity contribution in [2.24, 2.45) is 0 Å². The summed E-state index contributed by atoms with van der Waals surface area (Å²) in [6.07, 6.45) is 4.07. The standard InChI is InChI=1S/C25H21ClF2N4O3S/c1-25(2,34)24-31-19(12-36-24)17-8-20-13(9-29-17)4-3-5-15-7-21(22(26)23(33)32(15)20)35-11-18-16(28)6-14(27)10-30-18/h6-10,12,34H,3-5,11H2,1-2H3/i11D2. The van der Waals surface area contributed by atoms with Gasteiger partial charge in [-0.1, -0.05) is 11.6 Å². The summed E-state index contributed by atoms with van der Waals surface area (Å²) in [7, 11) is 0. The molecule has 0 aromatic carbocycles. The van der Waals surface area contributed by atoms with Crippen LogP contribution in [0.2, 0.25) is 5.02 Å². The topological polar surface area (TPSA) is 90.1 Å². The highest BCUT2D eigenvalue weighted by Crippen LogP contribution is 2.32. The summed E-state index contributed by atoms with van der Waals surface area (Å²) >= 11 is 7.66. The molecule has 5 rings (SSSR count). The molecule has 0 aliphatic carbocycles. The molecule has 0 unspecified atom stereocenters. The summed E-state index contributed by atoms with van der Waals surface area (Å²) in [4.78, 5) is 26.0. The minimum atomic E-state index is -2.84. The SMILES string of the molecule is [2H]C([2H])(Oc1cc2n(c(=O)c1Cl)-c1cc(-c3csc(C(C)(C)O)n3)ncc1CCC2)c1ncc(F)cc1F. The molecule has 0 saturated carbocycles. The molecule has 0 amide bonds. The molecule has 186 valence electrons. The summed E-state index contributed by atoms with van der Waals surface area (Å²) in [6.45, 7) is 0.441. The van der Waals surface area contributed by atoms with Crippen LogP contribution in [0.4, 0.5) is 8.78 Å². The number of halogens is 3. The third kappa shape index (κ3) is 4.63. The first-order chi connectivity index (χ1) is 17.8. The van der Waals surface area contributed by atoms with Crippen molar-refractivity contribution in [3.8, 4) is 22.8 Å². The summed E-state index contributed by atoms with van der Waals surface area (Å²) < 4.78 is 50.6. The predicted octanol–water partition coefficient (Wildman–Crippen LogP) is 4.98. The smallest absolute Gasteiger partial charge is 0.277 e. The molecule has 4 aromatic rings. The molecule has 0 spiro atoms. The van der Waals surface area contributed by atoms with Crippen molar-refractivity contribution in [1.82, 2.24) is 19.5 Å². The molecule has 36 heavy (non-hydrogen) atoms. The fraction of sp³-hybridized carbons (Fsp3) is 0.280. The summed E-state index contributed by atoms with van der Waals surface area (Å²) in [5.41, 5.74) is 0.363. The zero-order valence-corrected chi connectivity index (χ0v) is 20.8. The zero-order chi connectivity index (χ0) is 27.4. The summed E-state index contributed by atoms with van der Waals surface area (Å²) in [5.74, 6) is -2.49. The maximum absolute atomic E-state index is 14.2. The number of pyridine rings is 3. The van der Waals surface area contributed by atoms with Gasteiger partial charge in [-0.25, -0.2) is 13.8 Å². The Hall–Kier alpha value is -3.21. The van der Waals surface area contributed by atoms with Crippen LogP contribution in [0.3, 0.4) is 0 Å². The Morgan fingerprint density at radius 2 is 2.03 bits per heavy atom. The van der Waals surface area contributed by atoms with E-state index in [4.69, 9.17) is 19.1 Å². The van der Waals surface area contributed by atoms with Crippen molar-refractivity contribution in [2.75, 3.05) is 0 Å². The highest BCUT2D eigenvalue weighted by molar-refractivity contribution is 7.10. The van der Waals surface area contributed by atoms with Gasteiger partial charge in [0.05, 0.1) is 20.3 Å². The molecule has 0 saturated heterocycles. The Bertz CT molecular complexity index is 1620. The molecule has 1 aliphatic heterocycles. The minimum absolute atomic E-state index is 0.287. The van der Waals surface area contributed by atoms with Crippen molar-refractivity contribution >= 4 is 22.9 Å². The van der Waals surface area contributed by atoms with Gasteiger partial charge in [0.1, 0.15) is 45.1 Å². The fourth-order valence-corrected chi connectivity index (χ4v) is 4.89. The van der Waals surface area contributed by atoms with Gasteiger partial charge in [-0.15, -0.1) is 11.3 Å². The van der Waals surface area contributed by atoms with E-state index in [1.807, 2.05) is 0 Å². The third-order valence-electron chi connectivity index (χ3n) is 5.63. The van der Waals surface area contributed by atoms with Gasteiger partial charge in [0.2, 0.25) is 0 Å². The summed E-state index contributed by atoms with van der Waals surface area (Å²) in [6, 6.07) is 3.66. The number of aromatic nitrogens is 4. The predicted molar refractivity (Wildman–Crippen MR) is 132 cm³/mol. The fourth-order valence-electron chi connectivity index (χ4n) is 3.87. The van der Waals surface area contributed by atoms with Gasteiger partial charge in [-0.05, 0) is 44.7 Å². The van der Waals surface area contributed by atoms with E-state index in [2.05, 4.69) is 15.0 Å². The molecule has 0 bridgehead atoms. The Kier molecular flexibility index (Phi) is 5.72. The first-order valence-electron chi connectivity index (χ1n) is 12.0. The average molecular weight is 533 g/mol. The number of rotatable bonds is 5. The first kappa shape index (κ1) is 22.0. The number of aryl methyl sites for hydroxylation is 2. The lowest BCUT2D eigenvalue weighted by Crippen LogP contribution is -2.23. The number of nitrogens with zero attached hydrogens (tertiary/aromatic N) is 4. The van der Waals surface area contributed by atoms with E-state index in [0.717, 1.165) is 5.56 Å². The van der Waals surface area contributed by atoms with E-state index < -0.39 is 40.1 Å². The van der Waals surface area contributed by atoms with Gasteiger partial charge in [-0.3, -0.25) is 19.3 Å². The average Bonchev–Trinajstić information content (AvgIpc) is 3.26. The molecular weight excluding hydrogens is 510 g/mol. The van der Waals surface area contributed by atoms with Crippen molar-refractivity contribution in [1.29, 1.82) is 0 Å². The number of hydrogen-bond acceptors (Lipinski definition) is 7. The van der Waals surface area contributed by atoms with Crippen LogP contribution in [0.5, 0.6) is 5.75 Å². The molecule has 7 nitrogen and oxygen atoms in total. The highest BCUT2D eigenvalue weighted by atomic mass is 35.5. The van der Waals surface area contributed by atoms with Crippen molar-refractivity contribution in [3.63, 3.8) is 0 Å². The van der Waals surface area contributed by atoms with E-state index in [9.17, 15) is 18.7 Å². The molecule has 0 atom stereocenters. The summed E-state index contributed by atoms with van der Waals surface area (Å²) in [5, 5.41) is 12.2. The van der Waals surface area contributed by atoms with Crippen molar-refractivity contribution < 1.29 is 21.4 Å². The lowest BCUT2D eigenvalue weighted by molar-refractivity contribution is 0.0783. The van der Waals surface area contributed by atoms with E-state index in [0.29, 0.717) is 59.3 Å². The van der Waals surface area contributed by atoms with Gasteiger partial charge >= 0.3 is 0 Å². The van der Waals surface area contributed by atoms with Crippen LogP contribution in [0.25, 0.3) is 17.1 Å². The van der Waals surface area contributed by atoms with Crippen molar-refractivity contribution in [2.45, 2.75) is 45.3 Å². The highest BCUT2D eigenvalue weighted by Gasteiger charge is 2.24. The van der Waals surface area contributed by atoms with Gasteiger partial charge in [-0.2, -0.15) is 0 Å². The molecule has 11 heteroatoms. The first-order valence-corrected chi connectivity index (χ1v) is 12.2. The van der Waals surface area contributed by atoms with Gasteiger partial charge in [0.15, 0.2) is 5.82 Å². The van der Waals surface area contributed by atoms with E-state index in [1.54, 1.807) is 31.5 Å². The van der Waals surface area contributed by atoms with Crippen LogP contribution in [0.15, 0.2) is 40.8 Å². The van der Waals surface area contributed by atoms with Gasteiger partial charge in [0.25, 0.3) is 5.56 Å². The van der Waals surface area contributed by atoms with Crippen LogP contribution < -0.4 is 10.3 Å². The minimum Gasteiger partial charge on any atom is -0.485 e. The molecule has 1 N–H and O–H groups in total. The second-order valence-corrected chi connectivity index (χ2v) is 10.0. The number of fused-ring (bicyclic) bond motifs is 3. The number of aliphatic hydroxyl groups is 1. The zero-order valence-electron chi connectivity index (χ0n) is 21.2. The van der Waals surface area contributed by atoms with E-state index in [-0.39, 0.29) is 5.75 Å². The van der Waals surface area contributed by atoms with Gasteiger partial charge < -0.3 is 9.84 Å². The Morgan fingerprint density at radius 3 is 2.75 bits per heavy atom. The number of thiazole rings is 1. The largest absolute Gasteiger partial charge is 0.485 e. The van der Waals surface area contributed by atoms with Crippen LogP contribution >= 0.6 is 22.9 Å².